The fourth-order valence-corrected chi connectivity index (χ4v) is 4.10. The molecule has 0 fully saturated rings. The van der Waals surface area contributed by atoms with E-state index in [9.17, 15) is 5.26 Å². The topological polar surface area (TPSA) is 29.5 Å². The fraction of sp³-hybridized carbons (Fsp3) is 0.111. The Hall–Kier alpha value is -3.20. The Morgan fingerprint density at radius 2 is 0.655 bits per heavy atom. The lowest BCUT2D eigenvalue weighted by Gasteiger charge is -2.33. The molecule has 0 unspecified atom stereocenters. The molecule has 0 atom stereocenters. The maximum atomic E-state index is 10.2. The van der Waals surface area contributed by atoms with E-state index in [0.29, 0.717) is 0 Å². The van der Waals surface area contributed by atoms with Crippen molar-refractivity contribution in [3.8, 4) is 0 Å². The molecule has 144 valence electrons. The summed E-state index contributed by atoms with van der Waals surface area (Å²) in [6, 6.07) is 41.0. The van der Waals surface area contributed by atoms with Crippen molar-refractivity contribution in [3.05, 3.63) is 144 Å². The second-order valence-electron chi connectivity index (χ2n) is 7.17. The average Bonchev–Trinajstić information content (AvgIpc) is 2.81. The van der Waals surface area contributed by atoms with Gasteiger partial charge in [-0.05, 0) is 22.3 Å². The summed E-state index contributed by atoms with van der Waals surface area (Å²) in [6.45, 7) is 0. The van der Waals surface area contributed by atoms with Crippen LogP contribution in [-0.2, 0) is 4.89 Å². The monoisotopic (exact) mass is 380 g/mol. The molecule has 4 rings (SSSR count). The summed E-state index contributed by atoms with van der Waals surface area (Å²) in [6.07, 6.45) is -0.496. The van der Waals surface area contributed by atoms with Gasteiger partial charge in [0.25, 0.3) is 0 Å². The number of benzene rings is 4. The largest absolute Gasteiger partial charge is 0.251 e. The number of hydrogen-bond donors (Lipinski definition) is 1. The molecule has 4 aromatic carbocycles. The Labute approximate surface area is 172 Å². The van der Waals surface area contributed by atoms with E-state index < -0.39 is 6.10 Å². The molecule has 1 N–H and O–H groups in total. The second kappa shape index (κ2) is 9.33. The molecular formula is C27H24O2. The minimum absolute atomic E-state index is 0.132. The molecule has 0 aliphatic carbocycles. The summed E-state index contributed by atoms with van der Waals surface area (Å²) in [5.74, 6) is -0.263. The summed E-state index contributed by atoms with van der Waals surface area (Å²) in [5.41, 5.74) is 4.42. The molecule has 2 heteroatoms. The third kappa shape index (κ3) is 4.29. The van der Waals surface area contributed by atoms with Crippen molar-refractivity contribution in [1.29, 1.82) is 0 Å². The highest BCUT2D eigenvalue weighted by molar-refractivity contribution is 5.40. The third-order valence-corrected chi connectivity index (χ3v) is 5.41. The zero-order chi connectivity index (χ0) is 19.9. The van der Waals surface area contributed by atoms with Crippen LogP contribution in [0.25, 0.3) is 0 Å². The van der Waals surface area contributed by atoms with Crippen LogP contribution in [0.3, 0.4) is 0 Å². The van der Waals surface area contributed by atoms with Crippen LogP contribution in [0.1, 0.15) is 34.1 Å². The van der Waals surface area contributed by atoms with Gasteiger partial charge in [-0.25, -0.2) is 4.89 Å². The molecule has 0 aliphatic rings. The van der Waals surface area contributed by atoms with Gasteiger partial charge in [0.2, 0.25) is 0 Å². The molecule has 0 aromatic heterocycles. The van der Waals surface area contributed by atoms with Crippen LogP contribution in [0.5, 0.6) is 0 Å². The van der Waals surface area contributed by atoms with Gasteiger partial charge in [-0.3, -0.25) is 5.26 Å². The molecular weight excluding hydrogens is 356 g/mol. The molecule has 0 bridgehead atoms. The normalized spacial score (nSPS) is 11.3. The van der Waals surface area contributed by atoms with Crippen LogP contribution in [0.15, 0.2) is 121 Å². The first-order valence-electron chi connectivity index (χ1n) is 9.88. The average molecular weight is 380 g/mol. The van der Waals surface area contributed by atoms with Gasteiger partial charge in [-0.2, -0.15) is 0 Å². The van der Waals surface area contributed by atoms with Crippen molar-refractivity contribution in [1.82, 2.24) is 0 Å². The molecule has 4 aromatic rings. The van der Waals surface area contributed by atoms with E-state index in [1.54, 1.807) is 0 Å². The molecule has 0 heterocycles. The van der Waals surface area contributed by atoms with Crippen molar-refractivity contribution in [2.24, 2.45) is 0 Å². The highest BCUT2D eigenvalue weighted by atomic mass is 17.1. The van der Waals surface area contributed by atoms with Crippen LogP contribution in [0, 0.1) is 0 Å². The second-order valence-corrected chi connectivity index (χ2v) is 7.17. The van der Waals surface area contributed by atoms with E-state index in [4.69, 9.17) is 4.89 Å². The minimum atomic E-state index is -0.496. The Kier molecular flexibility index (Phi) is 6.16. The van der Waals surface area contributed by atoms with E-state index in [-0.39, 0.29) is 11.8 Å². The van der Waals surface area contributed by atoms with Crippen molar-refractivity contribution in [2.45, 2.75) is 17.9 Å². The van der Waals surface area contributed by atoms with Crippen LogP contribution in [0.2, 0.25) is 0 Å². The Balaban J connectivity index is 1.88. The highest BCUT2D eigenvalue weighted by Crippen LogP contribution is 2.40. The summed E-state index contributed by atoms with van der Waals surface area (Å²) < 4.78 is 0. The zero-order valence-corrected chi connectivity index (χ0v) is 16.1. The predicted octanol–water partition coefficient (Wildman–Crippen LogP) is 6.51. The lowest BCUT2D eigenvalue weighted by molar-refractivity contribution is -0.284. The first-order valence-corrected chi connectivity index (χ1v) is 9.88. The van der Waals surface area contributed by atoms with Crippen molar-refractivity contribution in [3.63, 3.8) is 0 Å². The van der Waals surface area contributed by atoms with Crippen molar-refractivity contribution < 1.29 is 10.1 Å². The predicted molar refractivity (Wildman–Crippen MR) is 117 cm³/mol. The lowest BCUT2D eigenvalue weighted by Crippen LogP contribution is -2.30. The van der Waals surface area contributed by atoms with Gasteiger partial charge in [0.05, 0.1) is 0 Å². The van der Waals surface area contributed by atoms with Crippen LogP contribution < -0.4 is 0 Å². The molecule has 0 saturated carbocycles. The zero-order valence-electron chi connectivity index (χ0n) is 16.1. The van der Waals surface area contributed by atoms with Crippen LogP contribution in [-0.4, -0.2) is 11.4 Å². The van der Waals surface area contributed by atoms with Gasteiger partial charge in [-0.15, -0.1) is 0 Å². The molecule has 0 amide bonds. The minimum Gasteiger partial charge on any atom is -0.251 e. The lowest BCUT2D eigenvalue weighted by atomic mass is 9.76. The van der Waals surface area contributed by atoms with Gasteiger partial charge in [-0.1, -0.05) is 121 Å². The van der Waals surface area contributed by atoms with E-state index in [1.165, 1.54) is 0 Å². The van der Waals surface area contributed by atoms with Crippen LogP contribution in [0.4, 0.5) is 0 Å². The van der Waals surface area contributed by atoms with Gasteiger partial charge in [0, 0.05) is 11.8 Å². The summed E-state index contributed by atoms with van der Waals surface area (Å²) in [7, 11) is 0. The number of hydrogen-bond acceptors (Lipinski definition) is 2. The Morgan fingerprint density at radius 3 is 0.862 bits per heavy atom. The highest BCUT2D eigenvalue weighted by Gasteiger charge is 2.35. The maximum Gasteiger partial charge on any atom is 0.114 e. The van der Waals surface area contributed by atoms with E-state index in [2.05, 4.69) is 48.5 Å². The summed E-state index contributed by atoms with van der Waals surface area (Å²) >= 11 is 0. The third-order valence-electron chi connectivity index (χ3n) is 5.41. The van der Waals surface area contributed by atoms with Crippen LogP contribution >= 0.6 is 0 Å². The van der Waals surface area contributed by atoms with Gasteiger partial charge < -0.3 is 0 Å². The first-order chi connectivity index (χ1) is 14.4. The van der Waals surface area contributed by atoms with Gasteiger partial charge >= 0.3 is 0 Å². The van der Waals surface area contributed by atoms with Crippen molar-refractivity contribution >= 4 is 0 Å². The molecule has 29 heavy (non-hydrogen) atoms. The van der Waals surface area contributed by atoms with Crippen molar-refractivity contribution in [2.75, 3.05) is 0 Å². The van der Waals surface area contributed by atoms with E-state index >= 15 is 0 Å². The fourth-order valence-electron chi connectivity index (χ4n) is 4.10. The SMILES string of the molecule is OOC(C(c1ccccc1)c1ccccc1)C(c1ccccc1)c1ccccc1. The quantitative estimate of drug-likeness (QED) is 0.292. The smallest absolute Gasteiger partial charge is 0.114 e. The molecule has 2 nitrogen and oxygen atoms in total. The van der Waals surface area contributed by atoms with Gasteiger partial charge in [0.1, 0.15) is 6.10 Å². The standard InChI is InChI=1S/C27H24O2/c28-29-27(25(21-13-5-1-6-14-21)22-15-7-2-8-16-22)26(23-17-9-3-10-18-23)24-19-11-4-12-20-24/h1-20,25-28H. The number of rotatable bonds is 7. The molecule has 0 spiro atoms. The summed E-state index contributed by atoms with van der Waals surface area (Å²) in [4.78, 5) is 5.29. The summed E-state index contributed by atoms with van der Waals surface area (Å²) in [5, 5.41) is 10.2. The first kappa shape index (κ1) is 19.1. The molecule has 0 saturated heterocycles. The van der Waals surface area contributed by atoms with Gasteiger partial charge in [0.15, 0.2) is 0 Å². The Morgan fingerprint density at radius 1 is 0.414 bits per heavy atom. The van der Waals surface area contributed by atoms with E-state index in [1.807, 2.05) is 72.8 Å². The molecule has 0 aliphatic heterocycles. The van der Waals surface area contributed by atoms with E-state index in [0.717, 1.165) is 22.3 Å². The Bertz CT molecular complexity index is 824. The molecule has 0 radical (unpaired) electrons. The maximum absolute atomic E-state index is 10.2.